The van der Waals surface area contributed by atoms with E-state index in [0.717, 1.165) is 10.6 Å². The molecular weight excluding hydrogens is 272 g/mol. The third-order valence-electron chi connectivity index (χ3n) is 2.21. The average molecular weight is 283 g/mol. The number of carbonyl (C=O) groups excluding carboxylic acids is 1. The molecule has 0 radical (unpaired) electrons. The van der Waals surface area contributed by atoms with E-state index in [9.17, 15) is 4.79 Å². The molecule has 0 unspecified atom stereocenters. The van der Waals surface area contributed by atoms with E-state index in [1.807, 2.05) is 29.6 Å². The molecule has 0 saturated heterocycles. The summed E-state index contributed by atoms with van der Waals surface area (Å²) in [7, 11) is 1.40. The number of nitrogens with one attached hydrogen (secondary N) is 1. The molecule has 0 bridgehead atoms. The van der Waals surface area contributed by atoms with Crippen molar-refractivity contribution in [2.24, 2.45) is 0 Å². The number of hydrogen-bond donors (Lipinski definition) is 1. The van der Waals surface area contributed by atoms with Gasteiger partial charge in [0.05, 0.1) is 24.2 Å². The zero-order chi connectivity index (χ0) is 13.0. The summed E-state index contributed by atoms with van der Waals surface area (Å²) >= 11 is 7.55. The van der Waals surface area contributed by atoms with Gasteiger partial charge in [-0.2, -0.15) is 0 Å². The number of nitrogens with zero attached hydrogens (tertiary/aromatic N) is 1. The lowest BCUT2D eigenvalue weighted by Gasteiger charge is -1.99. The SMILES string of the molecule is CONC(=O)Cc1csc(-c2ccccc2Cl)n1. The predicted octanol–water partition coefficient (Wildman–Crippen LogP) is 2.68. The Bertz CT molecular complexity index is 557. The maximum Gasteiger partial charge on any atom is 0.249 e. The van der Waals surface area contributed by atoms with Gasteiger partial charge >= 0.3 is 0 Å². The largest absolute Gasteiger partial charge is 0.277 e. The van der Waals surface area contributed by atoms with Crippen LogP contribution in [0.2, 0.25) is 5.02 Å². The third-order valence-corrected chi connectivity index (χ3v) is 3.47. The zero-order valence-electron chi connectivity index (χ0n) is 9.64. The van der Waals surface area contributed by atoms with Crippen LogP contribution in [0.4, 0.5) is 0 Å². The molecule has 0 aliphatic rings. The van der Waals surface area contributed by atoms with Gasteiger partial charge in [-0.05, 0) is 6.07 Å². The lowest BCUT2D eigenvalue weighted by Crippen LogP contribution is -2.23. The van der Waals surface area contributed by atoms with Crippen LogP contribution in [0, 0.1) is 0 Å². The monoisotopic (exact) mass is 282 g/mol. The van der Waals surface area contributed by atoms with Gasteiger partial charge < -0.3 is 0 Å². The van der Waals surface area contributed by atoms with Crippen LogP contribution < -0.4 is 5.48 Å². The Kier molecular flexibility index (Phi) is 4.30. The maximum atomic E-state index is 11.3. The molecule has 1 aromatic heterocycles. The van der Waals surface area contributed by atoms with Crippen LogP contribution in [0.15, 0.2) is 29.6 Å². The van der Waals surface area contributed by atoms with E-state index in [1.54, 1.807) is 0 Å². The standard InChI is InChI=1S/C12H11ClN2O2S/c1-17-15-11(16)6-8-7-18-12(14-8)9-4-2-3-5-10(9)13/h2-5,7H,6H2,1H3,(H,15,16). The highest BCUT2D eigenvalue weighted by Gasteiger charge is 2.10. The fourth-order valence-corrected chi connectivity index (χ4v) is 2.60. The van der Waals surface area contributed by atoms with Gasteiger partial charge in [0.1, 0.15) is 5.01 Å². The Morgan fingerprint density at radius 2 is 2.28 bits per heavy atom. The van der Waals surface area contributed by atoms with Gasteiger partial charge in [0, 0.05) is 10.9 Å². The predicted molar refractivity (Wildman–Crippen MR) is 71.4 cm³/mol. The Morgan fingerprint density at radius 1 is 1.50 bits per heavy atom. The maximum absolute atomic E-state index is 11.3. The summed E-state index contributed by atoms with van der Waals surface area (Å²) in [6, 6.07) is 7.49. The van der Waals surface area contributed by atoms with E-state index in [1.165, 1.54) is 18.4 Å². The van der Waals surface area contributed by atoms with Gasteiger partial charge in [-0.3, -0.25) is 9.63 Å². The van der Waals surface area contributed by atoms with Crippen molar-refractivity contribution in [3.8, 4) is 10.6 Å². The molecule has 2 rings (SSSR count). The Morgan fingerprint density at radius 3 is 3.00 bits per heavy atom. The lowest BCUT2D eigenvalue weighted by atomic mass is 10.2. The highest BCUT2D eigenvalue weighted by Crippen LogP contribution is 2.30. The van der Waals surface area contributed by atoms with Crippen molar-refractivity contribution in [3.63, 3.8) is 0 Å². The van der Waals surface area contributed by atoms with Gasteiger partial charge in [-0.15, -0.1) is 11.3 Å². The molecule has 1 heterocycles. The van der Waals surface area contributed by atoms with Crippen molar-refractivity contribution in [2.45, 2.75) is 6.42 Å². The molecule has 4 nitrogen and oxygen atoms in total. The van der Waals surface area contributed by atoms with Gasteiger partial charge in [0.15, 0.2) is 0 Å². The molecule has 94 valence electrons. The van der Waals surface area contributed by atoms with E-state index >= 15 is 0 Å². The number of amides is 1. The Labute approximate surface area is 114 Å². The fraction of sp³-hybridized carbons (Fsp3) is 0.167. The first-order valence-electron chi connectivity index (χ1n) is 5.22. The molecular formula is C12H11ClN2O2S. The summed E-state index contributed by atoms with van der Waals surface area (Å²) in [5, 5.41) is 3.30. The van der Waals surface area contributed by atoms with Gasteiger partial charge in [0.25, 0.3) is 0 Å². The topological polar surface area (TPSA) is 51.2 Å². The van der Waals surface area contributed by atoms with Crippen molar-refractivity contribution in [1.82, 2.24) is 10.5 Å². The molecule has 1 N–H and O–H groups in total. The summed E-state index contributed by atoms with van der Waals surface area (Å²) in [5.41, 5.74) is 3.83. The minimum atomic E-state index is -0.228. The second kappa shape index (κ2) is 5.95. The molecule has 0 atom stereocenters. The second-order valence-corrected chi connectivity index (χ2v) is 4.80. The smallest absolute Gasteiger partial charge is 0.249 e. The first-order valence-corrected chi connectivity index (χ1v) is 6.47. The number of carbonyl (C=O) groups is 1. The molecule has 0 aliphatic heterocycles. The Hall–Kier alpha value is -1.43. The van der Waals surface area contributed by atoms with Gasteiger partial charge in [-0.1, -0.05) is 29.8 Å². The first-order chi connectivity index (χ1) is 8.70. The van der Waals surface area contributed by atoms with Crippen molar-refractivity contribution in [3.05, 3.63) is 40.4 Å². The van der Waals surface area contributed by atoms with Crippen LogP contribution in [0.1, 0.15) is 5.69 Å². The number of thiazole rings is 1. The number of rotatable bonds is 4. The summed E-state index contributed by atoms with van der Waals surface area (Å²) in [6.45, 7) is 0. The van der Waals surface area contributed by atoms with E-state index in [2.05, 4.69) is 15.3 Å². The minimum Gasteiger partial charge on any atom is -0.277 e. The van der Waals surface area contributed by atoms with Crippen LogP contribution in [0.5, 0.6) is 0 Å². The second-order valence-electron chi connectivity index (χ2n) is 3.53. The summed E-state index contributed by atoms with van der Waals surface area (Å²) in [5.74, 6) is -0.228. The van der Waals surface area contributed by atoms with Crippen molar-refractivity contribution in [2.75, 3.05) is 7.11 Å². The van der Waals surface area contributed by atoms with Crippen LogP contribution >= 0.6 is 22.9 Å². The lowest BCUT2D eigenvalue weighted by molar-refractivity contribution is -0.130. The Balaban J connectivity index is 2.16. The summed E-state index contributed by atoms with van der Waals surface area (Å²) < 4.78 is 0. The van der Waals surface area contributed by atoms with E-state index in [4.69, 9.17) is 11.6 Å². The van der Waals surface area contributed by atoms with Crippen LogP contribution in [-0.2, 0) is 16.1 Å². The molecule has 0 spiro atoms. The number of hydrogen-bond acceptors (Lipinski definition) is 4. The fourth-order valence-electron chi connectivity index (χ4n) is 1.46. The minimum absolute atomic E-state index is 0.189. The number of halogens is 1. The number of benzene rings is 1. The first kappa shape index (κ1) is 13.0. The van der Waals surface area contributed by atoms with Gasteiger partial charge in [-0.25, -0.2) is 10.5 Å². The average Bonchev–Trinajstić information content (AvgIpc) is 2.78. The van der Waals surface area contributed by atoms with Crippen LogP contribution in [0.3, 0.4) is 0 Å². The number of aromatic nitrogens is 1. The van der Waals surface area contributed by atoms with Crippen LogP contribution in [-0.4, -0.2) is 18.0 Å². The molecule has 0 fully saturated rings. The molecule has 18 heavy (non-hydrogen) atoms. The van der Waals surface area contributed by atoms with E-state index < -0.39 is 0 Å². The molecule has 1 amide bonds. The molecule has 0 saturated carbocycles. The molecule has 6 heteroatoms. The van der Waals surface area contributed by atoms with Crippen molar-refractivity contribution < 1.29 is 9.63 Å². The van der Waals surface area contributed by atoms with Crippen molar-refractivity contribution >= 4 is 28.8 Å². The molecule has 0 aliphatic carbocycles. The van der Waals surface area contributed by atoms with E-state index in [-0.39, 0.29) is 12.3 Å². The van der Waals surface area contributed by atoms with Crippen LogP contribution in [0.25, 0.3) is 10.6 Å². The highest BCUT2D eigenvalue weighted by molar-refractivity contribution is 7.13. The third kappa shape index (κ3) is 3.07. The van der Waals surface area contributed by atoms with Crippen molar-refractivity contribution in [1.29, 1.82) is 0 Å². The quantitative estimate of drug-likeness (QED) is 0.877. The van der Waals surface area contributed by atoms with Gasteiger partial charge in [0.2, 0.25) is 5.91 Å². The summed E-state index contributed by atoms with van der Waals surface area (Å²) in [4.78, 5) is 20.3. The van der Waals surface area contributed by atoms with E-state index in [0.29, 0.717) is 10.7 Å². The highest BCUT2D eigenvalue weighted by atomic mass is 35.5. The molecule has 1 aromatic carbocycles. The number of hydroxylamine groups is 1. The summed E-state index contributed by atoms with van der Waals surface area (Å²) in [6.07, 6.45) is 0.189. The molecule has 2 aromatic rings. The normalized spacial score (nSPS) is 10.3. The zero-order valence-corrected chi connectivity index (χ0v) is 11.2.